The fourth-order valence-corrected chi connectivity index (χ4v) is 5.74. The Bertz CT molecular complexity index is 1170. The highest BCUT2D eigenvalue weighted by Gasteiger charge is 2.41. The molecule has 6 nitrogen and oxygen atoms in total. The normalized spacial score (nSPS) is 16.6. The van der Waals surface area contributed by atoms with Crippen molar-refractivity contribution < 1.29 is 23.4 Å². The molecule has 9 heteroatoms. The first kappa shape index (κ1) is 26.3. The molecule has 0 radical (unpaired) electrons. The summed E-state index contributed by atoms with van der Waals surface area (Å²) in [6.07, 6.45) is 2.76. The zero-order chi connectivity index (χ0) is 25.5. The molecular formula is C27H31F2N3O3S. The highest BCUT2D eigenvalue weighted by molar-refractivity contribution is 7.99. The number of benzene rings is 1. The average molecular weight is 516 g/mol. The number of carboxylic acid groups (broad SMARTS) is 1. The van der Waals surface area contributed by atoms with Crippen molar-refractivity contribution in [1.82, 2.24) is 14.9 Å². The quantitative estimate of drug-likeness (QED) is 0.321. The van der Waals surface area contributed by atoms with Crippen LogP contribution in [0.15, 0.2) is 53.8 Å². The van der Waals surface area contributed by atoms with Crippen LogP contribution in [0.4, 0.5) is 8.78 Å². The molecule has 0 spiro atoms. The minimum absolute atomic E-state index is 0.00511. The van der Waals surface area contributed by atoms with Crippen molar-refractivity contribution in [3.8, 4) is 5.75 Å². The summed E-state index contributed by atoms with van der Waals surface area (Å²) in [4.78, 5) is 23.1. The Morgan fingerprint density at radius 3 is 2.72 bits per heavy atom. The van der Waals surface area contributed by atoms with Crippen LogP contribution in [0, 0.1) is 5.41 Å². The second kappa shape index (κ2) is 12.0. The van der Waals surface area contributed by atoms with Crippen LogP contribution in [-0.4, -0.2) is 58.4 Å². The molecule has 0 bridgehead atoms. The number of alkyl halides is 2. The fraction of sp³-hybridized carbons (Fsp3) is 0.444. The van der Waals surface area contributed by atoms with Crippen molar-refractivity contribution in [3.05, 3.63) is 59.9 Å². The summed E-state index contributed by atoms with van der Waals surface area (Å²) in [6, 6.07) is 10.9. The monoisotopic (exact) mass is 515 g/mol. The van der Waals surface area contributed by atoms with Gasteiger partial charge in [0.2, 0.25) is 0 Å². The van der Waals surface area contributed by atoms with Gasteiger partial charge >= 0.3 is 5.97 Å². The molecule has 1 aliphatic rings. The summed E-state index contributed by atoms with van der Waals surface area (Å²) < 4.78 is 34.7. The standard InChI is InChI=1S/C27H31F2N3O3S/c1-35-20-5-6-23-21(16-20)25(19(17-28)18-31-23)22(29)7-8-27(26(33)34)9-12-32(13-10-27)14-15-36-24-4-2-3-11-30-24/h2-6,11,16,18,22H,7-10,12-15,17H2,1H3,(H,33,34). The van der Waals surface area contributed by atoms with Gasteiger partial charge in [0.1, 0.15) is 18.6 Å². The lowest BCUT2D eigenvalue weighted by Crippen LogP contribution is -2.45. The Balaban J connectivity index is 1.40. The smallest absolute Gasteiger partial charge is 0.309 e. The Labute approximate surface area is 214 Å². The third-order valence-electron chi connectivity index (χ3n) is 7.09. The lowest BCUT2D eigenvalue weighted by Gasteiger charge is -2.39. The highest BCUT2D eigenvalue weighted by atomic mass is 32.2. The van der Waals surface area contributed by atoms with E-state index in [1.54, 1.807) is 36.2 Å². The molecule has 1 aromatic carbocycles. The van der Waals surface area contributed by atoms with Gasteiger partial charge in [0.15, 0.2) is 0 Å². The summed E-state index contributed by atoms with van der Waals surface area (Å²) >= 11 is 1.68. The van der Waals surface area contributed by atoms with Gasteiger partial charge in [0.05, 0.1) is 23.1 Å². The lowest BCUT2D eigenvalue weighted by molar-refractivity contribution is -0.153. The van der Waals surface area contributed by atoms with Crippen LogP contribution in [0.25, 0.3) is 10.9 Å². The lowest BCUT2D eigenvalue weighted by atomic mass is 9.74. The van der Waals surface area contributed by atoms with E-state index in [9.17, 15) is 14.3 Å². The Hall–Kier alpha value is -2.78. The van der Waals surface area contributed by atoms with E-state index >= 15 is 4.39 Å². The number of ether oxygens (including phenoxy) is 1. The largest absolute Gasteiger partial charge is 0.497 e. The number of thioether (sulfide) groups is 1. The van der Waals surface area contributed by atoms with E-state index in [4.69, 9.17) is 4.74 Å². The molecule has 1 fully saturated rings. The summed E-state index contributed by atoms with van der Waals surface area (Å²) in [5.74, 6) is 0.516. The predicted octanol–water partition coefficient (Wildman–Crippen LogP) is 5.86. The number of carboxylic acids is 1. The molecule has 192 valence electrons. The van der Waals surface area contributed by atoms with Gasteiger partial charge in [0, 0.05) is 41.2 Å². The third-order valence-corrected chi connectivity index (χ3v) is 8.02. The minimum atomic E-state index is -1.50. The molecule has 0 aliphatic carbocycles. The van der Waals surface area contributed by atoms with Crippen LogP contribution in [0.2, 0.25) is 0 Å². The minimum Gasteiger partial charge on any atom is -0.497 e. The van der Waals surface area contributed by atoms with Crippen molar-refractivity contribution >= 4 is 28.6 Å². The Morgan fingerprint density at radius 2 is 2.06 bits per heavy atom. The van der Waals surface area contributed by atoms with E-state index in [2.05, 4.69) is 14.9 Å². The number of piperidine rings is 1. The van der Waals surface area contributed by atoms with E-state index in [-0.39, 0.29) is 24.0 Å². The van der Waals surface area contributed by atoms with E-state index in [0.717, 1.165) is 17.3 Å². The zero-order valence-electron chi connectivity index (χ0n) is 20.3. The molecule has 3 heterocycles. The summed E-state index contributed by atoms with van der Waals surface area (Å²) in [5.41, 5.74) is 0.00000624. The number of aromatic nitrogens is 2. The van der Waals surface area contributed by atoms with E-state index < -0.39 is 24.2 Å². The summed E-state index contributed by atoms with van der Waals surface area (Å²) in [5, 5.41) is 11.6. The molecule has 2 aromatic heterocycles. The van der Waals surface area contributed by atoms with Crippen LogP contribution >= 0.6 is 11.8 Å². The average Bonchev–Trinajstić information content (AvgIpc) is 2.92. The van der Waals surface area contributed by atoms with Crippen molar-refractivity contribution in [1.29, 1.82) is 0 Å². The number of halogens is 2. The number of fused-ring (bicyclic) bond motifs is 1. The number of hydrogen-bond donors (Lipinski definition) is 1. The van der Waals surface area contributed by atoms with Gasteiger partial charge in [-0.05, 0) is 69.1 Å². The van der Waals surface area contributed by atoms with Gasteiger partial charge in [-0.1, -0.05) is 6.07 Å². The topological polar surface area (TPSA) is 75.6 Å². The van der Waals surface area contributed by atoms with Gasteiger partial charge < -0.3 is 14.7 Å². The number of rotatable bonds is 11. The molecule has 0 saturated carbocycles. The molecule has 1 unspecified atom stereocenters. The maximum atomic E-state index is 15.7. The maximum Gasteiger partial charge on any atom is 0.309 e. The molecule has 3 aromatic rings. The summed E-state index contributed by atoms with van der Waals surface area (Å²) in [7, 11) is 1.51. The Morgan fingerprint density at radius 1 is 1.25 bits per heavy atom. The number of hydrogen-bond acceptors (Lipinski definition) is 6. The maximum absolute atomic E-state index is 15.7. The van der Waals surface area contributed by atoms with Crippen molar-refractivity contribution in [2.75, 3.05) is 32.5 Å². The van der Waals surface area contributed by atoms with Gasteiger partial charge in [-0.3, -0.25) is 9.78 Å². The molecule has 1 N–H and O–H groups in total. The second-order valence-corrected chi connectivity index (χ2v) is 10.3. The van der Waals surface area contributed by atoms with Crippen molar-refractivity contribution in [2.45, 2.75) is 43.6 Å². The van der Waals surface area contributed by atoms with E-state index in [0.29, 0.717) is 42.6 Å². The van der Waals surface area contributed by atoms with Crippen molar-refractivity contribution in [2.24, 2.45) is 5.41 Å². The second-order valence-electron chi connectivity index (χ2n) is 9.16. The number of methoxy groups -OCH3 is 1. The van der Waals surface area contributed by atoms with Crippen LogP contribution in [0.5, 0.6) is 5.75 Å². The molecular weight excluding hydrogens is 484 g/mol. The van der Waals surface area contributed by atoms with Gasteiger partial charge in [-0.2, -0.15) is 0 Å². The number of nitrogens with zero attached hydrogens (tertiary/aromatic N) is 3. The van der Waals surface area contributed by atoms with Crippen LogP contribution in [0.1, 0.15) is 43.0 Å². The molecule has 0 amide bonds. The Kier molecular flexibility index (Phi) is 8.74. The highest BCUT2D eigenvalue weighted by Crippen LogP contribution is 2.41. The molecule has 1 saturated heterocycles. The molecule has 1 aliphatic heterocycles. The molecule has 4 rings (SSSR count). The SMILES string of the molecule is COc1ccc2ncc(CF)c(C(F)CCC3(C(=O)O)CCN(CCSc4ccccn4)CC3)c2c1. The first-order valence-electron chi connectivity index (χ1n) is 12.1. The molecule has 1 atom stereocenters. The van der Waals surface area contributed by atoms with Crippen LogP contribution in [-0.2, 0) is 11.5 Å². The van der Waals surface area contributed by atoms with Gasteiger partial charge in [-0.25, -0.2) is 13.8 Å². The predicted molar refractivity (Wildman–Crippen MR) is 137 cm³/mol. The fourth-order valence-electron chi connectivity index (χ4n) is 4.87. The zero-order valence-corrected chi connectivity index (χ0v) is 21.1. The first-order valence-corrected chi connectivity index (χ1v) is 13.1. The number of aliphatic carboxylic acids is 1. The molecule has 36 heavy (non-hydrogen) atoms. The number of likely N-dealkylation sites (tertiary alicyclic amines) is 1. The van der Waals surface area contributed by atoms with Gasteiger partial charge in [0.25, 0.3) is 0 Å². The van der Waals surface area contributed by atoms with Gasteiger partial charge in [-0.15, -0.1) is 11.8 Å². The van der Waals surface area contributed by atoms with Crippen LogP contribution < -0.4 is 4.74 Å². The third kappa shape index (κ3) is 5.95. The number of carbonyl (C=O) groups is 1. The van der Waals surface area contributed by atoms with Crippen molar-refractivity contribution in [3.63, 3.8) is 0 Å². The van der Waals surface area contributed by atoms with E-state index in [1.165, 1.54) is 13.3 Å². The van der Waals surface area contributed by atoms with E-state index in [1.807, 2.05) is 18.2 Å². The number of pyridine rings is 2. The first-order chi connectivity index (χ1) is 17.5. The van der Waals surface area contributed by atoms with Crippen LogP contribution in [0.3, 0.4) is 0 Å². The summed E-state index contributed by atoms with van der Waals surface area (Å²) in [6.45, 7) is 1.30.